The van der Waals surface area contributed by atoms with Crippen molar-refractivity contribution in [3.05, 3.63) is 54.5 Å². The van der Waals surface area contributed by atoms with Gasteiger partial charge in [0.15, 0.2) is 5.82 Å². The normalized spacial score (nSPS) is 15.2. The Morgan fingerprint density at radius 3 is 2.63 bits per heavy atom. The first-order valence-corrected chi connectivity index (χ1v) is 12.9. The number of carbonyl (C=O) groups excluding carboxylic acids is 1. The molecular weight excluding hydrogens is 482 g/mol. The molecule has 5 rings (SSSR count). The monoisotopic (exact) mass is 517 g/mol. The lowest BCUT2D eigenvalue weighted by molar-refractivity contribution is -0.126. The van der Waals surface area contributed by atoms with Crippen molar-refractivity contribution in [3.63, 3.8) is 0 Å². The summed E-state index contributed by atoms with van der Waals surface area (Å²) < 4.78 is 9.44. The van der Waals surface area contributed by atoms with Crippen LogP contribution in [0.5, 0.6) is 0 Å². The van der Waals surface area contributed by atoms with E-state index < -0.39 is 11.1 Å². The highest BCUT2D eigenvalue weighted by Crippen LogP contribution is 2.37. The summed E-state index contributed by atoms with van der Waals surface area (Å²) in [7, 11) is 0. The van der Waals surface area contributed by atoms with Gasteiger partial charge in [0.25, 0.3) is 0 Å². The second-order valence-electron chi connectivity index (χ2n) is 11.1. The van der Waals surface area contributed by atoms with E-state index in [9.17, 15) is 9.90 Å². The summed E-state index contributed by atoms with van der Waals surface area (Å²) in [6.45, 7) is 8.57. The second kappa shape index (κ2) is 9.85. The molecule has 0 radical (unpaired) electrons. The van der Waals surface area contributed by atoms with E-state index in [0.29, 0.717) is 19.0 Å². The molecule has 10 heteroatoms. The zero-order valence-electron chi connectivity index (χ0n) is 22.3. The fourth-order valence-corrected chi connectivity index (χ4v) is 5.14. The molecule has 0 atom stereocenters. The maximum atomic E-state index is 12.6. The molecule has 1 aliphatic heterocycles. The van der Waals surface area contributed by atoms with Crippen LogP contribution < -0.4 is 11.1 Å². The van der Waals surface area contributed by atoms with E-state index in [4.69, 9.17) is 10.5 Å². The number of nitrogens with one attached hydrogen (secondary N) is 1. The van der Waals surface area contributed by atoms with Crippen molar-refractivity contribution in [2.75, 3.05) is 18.9 Å². The molecule has 4 N–H and O–H groups in total. The summed E-state index contributed by atoms with van der Waals surface area (Å²) in [5, 5.41) is 22.3. The van der Waals surface area contributed by atoms with Crippen LogP contribution >= 0.6 is 0 Å². The van der Waals surface area contributed by atoms with Crippen molar-refractivity contribution < 1.29 is 14.6 Å². The van der Waals surface area contributed by atoms with Crippen LogP contribution in [-0.2, 0) is 15.1 Å². The summed E-state index contributed by atoms with van der Waals surface area (Å²) in [4.78, 5) is 16.9. The largest absolute Gasteiger partial charge is 0.390 e. The predicted octanol–water partition coefficient (Wildman–Crippen LogP) is 3.71. The number of fused-ring (bicyclic) bond motifs is 1. The van der Waals surface area contributed by atoms with Gasteiger partial charge in [-0.05, 0) is 64.3 Å². The van der Waals surface area contributed by atoms with Gasteiger partial charge in [-0.15, -0.1) is 0 Å². The molecule has 0 unspecified atom stereocenters. The minimum atomic E-state index is -1.08. The van der Waals surface area contributed by atoms with E-state index in [1.807, 2.05) is 54.9 Å². The zero-order chi connectivity index (χ0) is 27.1. The molecule has 1 saturated heterocycles. The number of amides is 1. The van der Waals surface area contributed by atoms with Crippen LogP contribution in [0.2, 0.25) is 0 Å². The Bertz CT molecular complexity index is 1460. The number of anilines is 1. The fourth-order valence-electron chi connectivity index (χ4n) is 5.14. The number of rotatable bonds is 7. The van der Waals surface area contributed by atoms with Gasteiger partial charge in [0.05, 0.1) is 35.0 Å². The third-order valence-electron chi connectivity index (χ3n) is 6.99. The third kappa shape index (κ3) is 5.14. The van der Waals surface area contributed by atoms with E-state index in [-0.39, 0.29) is 18.4 Å². The lowest BCUT2D eigenvalue weighted by atomic mass is 9.91. The Morgan fingerprint density at radius 2 is 1.89 bits per heavy atom. The number of carbonyl (C=O) groups is 1. The summed E-state index contributed by atoms with van der Waals surface area (Å²) in [5.41, 5.74) is 9.93. The number of benzene rings is 1. The first-order valence-electron chi connectivity index (χ1n) is 12.9. The number of aromatic nitrogens is 5. The molecule has 1 aromatic carbocycles. The molecule has 0 aliphatic carbocycles. The van der Waals surface area contributed by atoms with Crippen molar-refractivity contribution in [3.8, 4) is 22.5 Å². The van der Waals surface area contributed by atoms with Crippen LogP contribution in [0.3, 0.4) is 0 Å². The number of hydrogen-bond acceptors (Lipinski definition) is 7. The van der Waals surface area contributed by atoms with Crippen LogP contribution in [0.15, 0.2) is 48.9 Å². The Balaban J connectivity index is 1.56. The van der Waals surface area contributed by atoms with Crippen molar-refractivity contribution in [2.45, 2.75) is 64.1 Å². The first-order chi connectivity index (χ1) is 18.0. The Kier molecular flexibility index (Phi) is 6.70. The lowest BCUT2D eigenvalue weighted by Crippen LogP contribution is -2.43. The molecular formula is C28H35N7O3. The first kappa shape index (κ1) is 25.9. The van der Waals surface area contributed by atoms with Crippen LogP contribution in [0.25, 0.3) is 28.0 Å². The Morgan fingerprint density at radius 1 is 1.13 bits per heavy atom. The van der Waals surface area contributed by atoms with E-state index in [0.717, 1.165) is 46.4 Å². The van der Waals surface area contributed by atoms with Crippen molar-refractivity contribution in [1.29, 1.82) is 0 Å². The fraction of sp³-hybridized carbons (Fsp3) is 0.429. The maximum Gasteiger partial charge on any atom is 0.223 e. The van der Waals surface area contributed by atoms with Crippen LogP contribution in [0, 0.1) is 0 Å². The van der Waals surface area contributed by atoms with Gasteiger partial charge in [-0.1, -0.05) is 18.2 Å². The minimum absolute atomic E-state index is 0.0137. The van der Waals surface area contributed by atoms with Crippen LogP contribution in [0.1, 0.15) is 58.6 Å². The standard InChI is InChI=1S/C28H35N7O3/c1-27(2,37)16-24(36)33-28(3,4)19-7-5-6-18(14-19)23-15-21(25-26(29)30-17-32-35(23)25)22-8-11-31-34(22)20-9-12-38-13-10-20/h5-8,11,14-15,17,20,37H,9-10,12-13,16H2,1-4H3,(H,33,36)(H2,29,30,32). The number of nitrogen functional groups attached to an aromatic ring is 1. The van der Waals surface area contributed by atoms with E-state index in [2.05, 4.69) is 31.2 Å². The van der Waals surface area contributed by atoms with Crippen LogP contribution in [0.4, 0.5) is 5.82 Å². The van der Waals surface area contributed by atoms with Gasteiger partial charge in [-0.3, -0.25) is 9.48 Å². The molecule has 1 fully saturated rings. The Hall–Kier alpha value is -3.76. The number of aliphatic hydroxyl groups is 1. The topological polar surface area (TPSA) is 133 Å². The SMILES string of the molecule is CC(C)(O)CC(=O)NC(C)(C)c1cccc(-c2cc(-c3ccnn3C3CCOCC3)c3c(N)ncnn23)c1. The van der Waals surface area contributed by atoms with E-state index in [1.165, 1.54) is 6.33 Å². The van der Waals surface area contributed by atoms with Gasteiger partial charge in [-0.25, -0.2) is 9.50 Å². The molecule has 10 nitrogen and oxygen atoms in total. The number of ether oxygens (including phenoxy) is 1. The highest BCUT2D eigenvalue weighted by Gasteiger charge is 2.28. The molecule has 38 heavy (non-hydrogen) atoms. The number of nitrogens with two attached hydrogens (primary N) is 1. The summed E-state index contributed by atoms with van der Waals surface area (Å²) in [6.07, 6.45) is 5.08. The average molecular weight is 518 g/mol. The molecule has 3 aromatic heterocycles. The van der Waals surface area contributed by atoms with E-state index in [1.54, 1.807) is 13.8 Å². The number of hydrogen-bond donors (Lipinski definition) is 3. The van der Waals surface area contributed by atoms with E-state index >= 15 is 0 Å². The smallest absolute Gasteiger partial charge is 0.223 e. The Labute approximate surface area is 221 Å². The summed E-state index contributed by atoms with van der Waals surface area (Å²) in [5.74, 6) is 0.168. The van der Waals surface area contributed by atoms with Gasteiger partial charge in [0.2, 0.25) is 5.91 Å². The maximum absolute atomic E-state index is 12.6. The zero-order valence-corrected chi connectivity index (χ0v) is 22.3. The average Bonchev–Trinajstić information content (AvgIpc) is 3.49. The molecule has 0 bridgehead atoms. The molecule has 200 valence electrons. The highest BCUT2D eigenvalue weighted by atomic mass is 16.5. The summed E-state index contributed by atoms with van der Waals surface area (Å²) in [6, 6.07) is 12.3. The van der Waals surface area contributed by atoms with Crippen molar-refractivity contribution in [2.24, 2.45) is 0 Å². The number of nitrogens with zero attached hydrogens (tertiary/aromatic N) is 5. The third-order valence-corrected chi connectivity index (χ3v) is 6.99. The van der Waals surface area contributed by atoms with Gasteiger partial charge in [-0.2, -0.15) is 10.2 Å². The molecule has 4 aromatic rings. The molecule has 4 heterocycles. The van der Waals surface area contributed by atoms with Gasteiger partial charge < -0.3 is 20.9 Å². The molecule has 1 aliphatic rings. The molecule has 0 spiro atoms. The van der Waals surface area contributed by atoms with Gasteiger partial charge in [0.1, 0.15) is 11.8 Å². The van der Waals surface area contributed by atoms with Gasteiger partial charge >= 0.3 is 0 Å². The lowest BCUT2D eigenvalue weighted by Gasteiger charge is -2.29. The second-order valence-corrected chi connectivity index (χ2v) is 11.1. The van der Waals surface area contributed by atoms with Crippen LogP contribution in [-0.4, -0.2) is 54.2 Å². The quantitative estimate of drug-likeness (QED) is 0.340. The molecule has 1 amide bonds. The highest BCUT2D eigenvalue weighted by molar-refractivity contribution is 5.91. The minimum Gasteiger partial charge on any atom is -0.390 e. The molecule has 0 saturated carbocycles. The summed E-state index contributed by atoms with van der Waals surface area (Å²) >= 11 is 0. The van der Waals surface area contributed by atoms with Gasteiger partial charge in [0, 0.05) is 30.5 Å². The predicted molar refractivity (Wildman–Crippen MR) is 145 cm³/mol. The van der Waals surface area contributed by atoms with Crippen molar-refractivity contribution in [1.82, 2.24) is 29.7 Å². The van der Waals surface area contributed by atoms with Crippen molar-refractivity contribution >= 4 is 17.2 Å².